The van der Waals surface area contributed by atoms with E-state index in [1.54, 1.807) is 27.7 Å². The van der Waals surface area contributed by atoms with E-state index in [4.69, 9.17) is 18.9 Å². The maximum absolute atomic E-state index is 14.0. The summed E-state index contributed by atoms with van der Waals surface area (Å²) >= 11 is 0. The van der Waals surface area contributed by atoms with Crippen LogP contribution in [0, 0.1) is 10.8 Å². The zero-order valence-corrected chi connectivity index (χ0v) is 52.4. The second kappa shape index (κ2) is 33.3. The van der Waals surface area contributed by atoms with Crippen LogP contribution in [0.1, 0.15) is 164 Å². The first-order chi connectivity index (χ1) is 42.3. The van der Waals surface area contributed by atoms with Gasteiger partial charge in [-0.05, 0) is 148 Å². The van der Waals surface area contributed by atoms with Crippen molar-refractivity contribution in [1.82, 2.24) is 20.4 Å². The number of Topliss-reactive ketones (excluding diaryl/α,β-unsaturated/α-hetero) is 2. The molecule has 16 heteroatoms. The van der Waals surface area contributed by atoms with E-state index in [2.05, 4.69) is 10.6 Å². The van der Waals surface area contributed by atoms with E-state index in [9.17, 15) is 38.4 Å². The van der Waals surface area contributed by atoms with E-state index in [-0.39, 0.29) is 24.7 Å². The highest BCUT2D eigenvalue weighted by atomic mass is 16.6. The van der Waals surface area contributed by atoms with Crippen molar-refractivity contribution in [2.75, 3.05) is 39.4 Å². The molecule has 5 aromatic carbocycles. The van der Waals surface area contributed by atoms with Crippen LogP contribution in [0.3, 0.4) is 0 Å². The van der Waals surface area contributed by atoms with Crippen LogP contribution in [0.5, 0.6) is 11.5 Å². The molecule has 5 aromatic rings. The fraction of sp³-hybridized carbons (Fsp3) is 0.472. The van der Waals surface area contributed by atoms with Gasteiger partial charge in [-0.2, -0.15) is 0 Å². The molecule has 88 heavy (non-hydrogen) atoms. The van der Waals surface area contributed by atoms with Gasteiger partial charge in [-0.1, -0.05) is 151 Å². The number of benzene rings is 5. The van der Waals surface area contributed by atoms with E-state index in [0.717, 1.165) is 46.2 Å². The van der Waals surface area contributed by atoms with E-state index >= 15 is 0 Å². The van der Waals surface area contributed by atoms with Crippen molar-refractivity contribution in [3.8, 4) is 11.5 Å². The van der Waals surface area contributed by atoms with Crippen LogP contribution >= 0.6 is 0 Å². The third-order valence-electron chi connectivity index (χ3n) is 17.1. The Morgan fingerprint density at radius 3 is 1.25 bits per heavy atom. The lowest BCUT2D eigenvalue weighted by Crippen LogP contribution is -2.53. The van der Waals surface area contributed by atoms with Crippen molar-refractivity contribution >= 4 is 47.1 Å². The smallest absolute Gasteiger partial charge is 0.329 e. The fourth-order valence-corrected chi connectivity index (χ4v) is 10.8. The molecule has 0 unspecified atom stereocenters. The van der Waals surface area contributed by atoms with Gasteiger partial charge in [-0.25, -0.2) is 9.59 Å². The molecule has 7 rings (SSSR count). The number of rotatable bonds is 32. The lowest BCUT2D eigenvalue weighted by atomic mass is 9.84. The second-order valence-corrected chi connectivity index (χ2v) is 24.5. The zero-order chi connectivity index (χ0) is 63.1. The highest BCUT2D eigenvalue weighted by Crippen LogP contribution is 2.33. The Balaban J connectivity index is 0.826. The number of hydrogen-bond donors (Lipinski definition) is 2. The minimum Gasteiger partial charge on any atom is -0.494 e. The van der Waals surface area contributed by atoms with Crippen LogP contribution in [-0.2, 0) is 73.5 Å². The number of esters is 2. The molecule has 470 valence electrons. The van der Waals surface area contributed by atoms with Crippen LogP contribution < -0.4 is 20.1 Å². The molecular weight excluding hydrogens is 1110 g/mol. The molecule has 0 radical (unpaired) electrons. The molecule has 0 spiro atoms. The van der Waals surface area contributed by atoms with Crippen LogP contribution in [0.25, 0.3) is 0 Å². The summed E-state index contributed by atoms with van der Waals surface area (Å²) in [5, 5.41) is 5.93. The lowest BCUT2D eigenvalue weighted by Gasteiger charge is -2.36. The Labute approximate surface area is 519 Å². The molecule has 2 heterocycles. The highest BCUT2D eigenvalue weighted by Gasteiger charge is 2.43. The molecule has 0 aromatic heterocycles. The number of piperidine rings is 2. The minimum atomic E-state index is -0.851. The third-order valence-corrected chi connectivity index (χ3v) is 17.1. The Kier molecular flexibility index (Phi) is 25.5. The number of carbonyl (C=O) groups excluding carboxylic acids is 8. The first kappa shape index (κ1) is 67.4. The number of carbonyl (C=O) groups is 8. The minimum absolute atomic E-state index is 0.144. The predicted octanol–water partition coefficient (Wildman–Crippen LogP) is 11.1. The summed E-state index contributed by atoms with van der Waals surface area (Å²) in [4.78, 5) is 110. The van der Waals surface area contributed by atoms with Gasteiger partial charge in [0.05, 0.1) is 26.1 Å². The van der Waals surface area contributed by atoms with Gasteiger partial charge in [0.15, 0.2) is 0 Å². The van der Waals surface area contributed by atoms with Gasteiger partial charge >= 0.3 is 11.9 Å². The van der Waals surface area contributed by atoms with Crippen LogP contribution in [0.15, 0.2) is 133 Å². The van der Waals surface area contributed by atoms with Gasteiger partial charge in [0.25, 0.3) is 11.8 Å². The largest absolute Gasteiger partial charge is 0.494 e. The van der Waals surface area contributed by atoms with Gasteiger partial charge in [-0.15, -0.1) is 0 Å². The van der Waals surface area contributed by atoms with Crippen LogP contribution in [0.4, 0.5) is 0 Å². The molecule has 0 aliphatic carbocycles. The van der Waals surface area contributed by atoms with Gasteiger partial charge < -0.3 is 39.4 Å². The quantitative estimate of drug-likeness (QED) is 0.0235. The molecule has 4 amide bonds. The third kappa shape index (κ3) is 19.9. The molecule has 4 atom stereocenters. The van der Waals surface area contributed by atoms with E-state index in [1.807, 2.05) is 147 Å². The summed E-state index contributed by atoms with van der Waals surface area (Å²) in [5.74, 6) is -2.43. The number of nitrogens with zero attached hydrogens (tertiary/aromatic N) is 2. The van der Waals surface area contributed by atoms with Gasteiger partial charge in [-0.3, -0.25) is 28.8 Å². The molecule has 16 nitrogen and oxygen atoms in total. The number of amides is 4. The number of hydrogen-bond acceptors (Lipinski definition) is 12. The maximum atomic E-state index is 14.0. The van der Waals surface area contributed by atoms with Gasteiger partial charge in [0, 0.05) is 37.0 Å². The van der Waals surface area contributed by atoms with Crippen LogP contribution in [-0.4, -0.2) is 108 Å². The van der Waals surface area contributed by atoms with Crippen molar-refractivity contribution in [2.45, 2.75) is 169 Å². The Hall–Kier alpha value is -8.14. The van der Waals surface area contributed by atoms with Crippen molar-refractivity contribution in [3.05, 3.63) is 167 Å². The Morgan fingerprint density at radius 1 is 0.489 bits per heavy atom. The molecule has 0 bridgehead atoms. The summed E-state index contributed by atoms with van der Waals surface area (Å²) in [6, 6.07) is 40.4. The molecule has 2 aliphatic heterocycles. The maximum Gasteiger partial charge on any atom is 0.329 e. The monoisotopic (exact) mass is 1200 g/mol. The standard InChI is InChI=1S/C72H90N4O12/c1-7-71(3,4)65(79)67(81)75-43-17-15-31-59(75)69(83)87-61(39-37-51-23-11-9-12-24-51)55-27-19-29-57(49-55)85-45-21-41-73-63(77)47-53-33-35-54(36-34-53)48-64(78)74-42-22-46-86-58-30-20-28-56(50-58)62(40-38-52-25-13-10-14-26-52)88-70(84)60-32-16-18-44-76(60)68(82)66(80)72(5,6)8-2/h9-14,19-20,23-30,33-36,49-50,59-62H,7-8,15-18,21-22,31-32,37-48H2,1-6H3,(H,73,77)(H,74,78)/t59-,60-,61+,62+/m0/s1. The average Bonchev–Trinajstić information content (AvgIpc) is 3.00. The predicted molar refractivity (Wildman–Crippen MR) is 337 cm³/mol. The topological polar surface area (TPSA) is 204 Å². The van der Waals surface area contributed by atoms with E-state index in [0.29, 0.717) is 128 Å². The summed E-state index contributed by atoms with van der Waals surface area (Å²) < 4.78 is 24.8. The van der Waals surface area contributed by atoms with Crippen molar-refractivity contribution < 1.29 is 57.3 Å². The first-order valence-electron chi connectivity index (χ1n) is 31.6. The fourth-order valence-electron chi connectivity index (χ4n) is 10.8. The first-order valence-corrected chi connectivity index (χ1v) is 31.6. The average molecular weight is 1200 g/mol. The van der Waals surface area contributed by atoms with E-state index < -0.39 is 70.4 Å². The summed E-state index contributed by atoms with van der Waals surface area (Å²) in [6.45, 7) is 12.8. The Morgan fingerprint density at radius 2 is 0.875 bits per heavy atom. The molecular formula is C72H90N4O12. The summed E-state index contributed by atoms with van der Waals surface area (Å²) in [7, 11) is 0. The second-order valence-electron chi connectivity index (χ2n) is 24.5. The summed E-state index contributed by atoms with van der Waals surface area (Å²) in [6.07, 6.45) is 7.14. The molecule has 2 fully saturated rings. The Bertz CT molecular complexity index is 2920. The lowest BCUT2D eigenvalue weighted by molar-refractivity contribution is -0.165. The summed E-state index contributed by atoms with van der Waals surface area (Å²) in [5.41, 5.74) is 3.62. The highest BCUT2D eigenvalue weighted by molar-refractivity contribution is 6.38. The normalized spacial score (nSPS) is 15.9. The van der Waals surface area contributed by atoms with Crippen molar-refractivity contribution in [1.29, 1.82) is 0 Å². The number of ketones is 2. The molecule has 2 saturated heterocycles. The van der Waals surface area contributed by atoms with Crippen molar-refractivity contribution in [2.24, 2.45) is 10.8 Å². The van der Waals surface area contributed by atoms with Crippen molar-refractivity contribution in [3.63, 3.8) is 0 Å². The molecule has 2 N–H and O–H groups in total. The van der Waals surface area contributed by atoms with Crippen LogP contribution in [0.2, 0.25) is 0 Å². The van der Waals surface area contributed by atoms with Gasteiger partial charge in [0.1, 0.15) is 35.8 Å². The molecule has 2 aliphatic rings. The number of aryl methyl sites for hydroxylation is 2. The van der Waals surface area contributed by atoms with Gasteiger partial charge in [0.2, 0.25) is 23.4 Å². The molecule has 0 saturated carbocycles. The zero-order valence-electron chi connectivity index (χ0n) is 52.4. The number of nitrogens with one attached hydrogen (secondary N) is 2. The number of likely N-dealkylation sites (tertiary alicyclic amines) is 2. The van der Waals surface area contributed by atoms with E-state index in [1.165, 1.54) is 9.80 Å². The SMILES string of the molecule is CCC(C)(C)C(=O)C(=O)N1CCCC[C@H]1C(=O)O[C@H](CCc1ccccc1)c1cccc(OCCCNC(=O)Cc2ccc(CC(=O)NCCCOc3cccc([C@@H](CCc4ccccc4)OC(=O)[C@@H]4CCCCN4C(=O)C(=O)C(C)(C)CC)c3)cc2)c1. The number of ether oxygens (including phenoxy) is 4.